The largest absolute Gasteiger partial charge is 0.345 e. The molecule has 0 heterocycles. The smallest absolute Gasteiger partial charge is 0.284 e. The predicted octanol–water partition coefficient (Wildman–Crippen LogP) is 7.05. The molecule has 2 nitrogen and oxygen atoms in total. The molecule has 0 aliphatic rings. The molecule has 0 amide bonds. The van der Waals surface area contributed by atoms with Gasteiger partial charge in [0.25, 0.3) is 0 Å². The van der Waals surface area contributed by atoms with Gasteiger partial charge in [0.05, 0.1) is 5.69 Å². The molecule has 3 heteroatoms. The summed E-state index contributed by atoms with van der Waals surface area (Å²) in [5.41, 5.74) is 8.11. The van der Waals surface area contributed by atoms with Crippen LogP contribution in [0.15, 0.2) is 36.4 Å². The zero-order valence-corrected chi connectivity index (χ0v) is 19.1. The Bertz CT molecular complexity index is 736. The third-order valence-electron chi connectivity index (χ3n) is 5.08. The lowest BCUT2D eigenvalue weighted by Gasteiger charge is -2.17. The zero-order valence-electron chi connectivity index (χ0n) is 18.2. The molecule has 27 heavy (non-hydrogen) atoms. The molecule has 2 aromatic carbocycles. The molecule has 2 aromatic rings. The Kier molecular flexibility index (Phi) is 7.62. The van der Waals surface area contributed by atoms with Gasteiger partial charge in [0, 0.05) is 11.1 Å². The molecule has 146 valence electrons. The first kappa shape index (κ1) is 21.6. The fourth-order valence-electron chi connectivity index (χ4n) is 3.50. The van der Waals surface area contributed by atoms with Crippen LogP contribution in [0.25, 0.3) is 0 Å². The van der Waals surface area contributed by atoms with Gasteiger partial charge < -0.3 is 0 Å². The van der Waals surface area contributed by atoms with Crippen molar-refractivity contribution in [3.8, 4) is 0 Å². The fourth-order valence-corrected chi connectivity index (χ4v) is 4.30. The highest BCUT2D eigenvalue weighted by molar-refractivity contribution is 7.25. The zero-order chi connectivity index (χ0) is 20.1. The van der Waals surface area contributed by atoms with E-state index in [4.69, 9.17) is 0 Å². The summed E-state index contributed by atoms with van der Waals surface area (Å²) < 4.78 is 3.69. The molecule has 2 rings (SSSR count). The molecule has 0 aliphatic carbocycles. The molecular formula is C24H36N2P+. The van der Waals surface area contributed by atoms with Gasteiger partial charge in [0.2, 0.25) is 5.69 Å². The summed E-state index contributed by atoms with van der Waals surface area (Å²) in [6.45, 7) is 18.1. The van der Waals surface area contributed by atoms with Crippen LogP contribution in [-0.4, -0.2) is 0 Å². The monoisotopic (exact) mass is 383 g/mol. The van der Waals surface area contributed by atoms with Crippen molar-refractivity contribution in [3.05, 3.63) is 58.7 Å². The minimum Gasteiger partial charge on any atom is -0.284 e. The Hall–Kier alpha value is -1.66. The van der Waals surface area contributed by atoms with E-state index in [1.54, 1.807) is 0 Å². The number of hydrogen-bond donors (Lipinski definition) is 2. The number of anilines is 1. The summed E-state index contributed by atoms with van der Waals surface area (Å²) in [6.07, 6.45) is 0. The Morgan fingerprint density at radius 3 is 1.37 bits per heavy atom. The molecule has 0 fully saturated rings. The van der Waals surface area contributed by atoms with E-state index in [0.29, 0.717) is 23.7 Å². The molecular weight excluding hydrogens is 347 g/mol. The molecule has 0 radical (unpaired) electrons. The van der Waals surface area contributed by atoms with Crippen LogP contribution in [-0.2, 0) is 0 Å². The number of hydrogen-bond acceptors (Lipinski definition) is 0. The van der Waals surface area contributed by atoms with Gasteiger partial charge >= 0.3 is 8.52 Å². The molecule has 0 aliphatic heterocycles. The van der Waals surface area contributed by atoms with Gasteiger partial charge in [-0.25, -0.2) is 0 Å². The first-order valence-electron chi connectivity index (χ1n) is 10.2. The van der Waals surface area contributed by atoms with Crippen molar-refractivity contribution in [3.63, 3.8) is 0 Å². The number of rotatable bonds is 7. The molecule has 0 saturated heterocycles. The highest BCUT2D eigenvalue weighted by Crippen LogP contribution is 2.34. The summed E-state index contributed by atoms with van der Waals surface area (Å²) in [5, 5.41) is 3.69. The average Bonchev–Trinajstić information content (AvgIpc) is 2.61. The maximum Gasteiger partial charge on any atom is 0.345 e. The normalized spacial score (nSPS) is 12.1. The fraction of sp³-hybridized carbons (Fsp3) is 0.500. The van der Waals surface area contributed by atoms with E-state index in [9.17, 15) is 0 Å². The molecule has 0 saturated carbocycles. The van der Waals surface area contributed by atoms with Crippen LogP contribution in [0, 0.1) is 0 Å². The maximum absolute atomic E-state index is 3.69. The molecule has 0 atom stereocenters. The third kappa shape index (κ3) is 5.20. The van der Waals surface area contributed by atoms with Crippen molar-refractivity contribution in [2.24, 2.45) is 0 Å². The van der Waals surface area contributed by atoms with Gasteiger partial charge in [0.1, 0.15) is 0 Å². The minimum absolute atomic E-state index is 0.496. The topological polar surface area (TPSA) is 26.0 Å². The molecule has 2 N–H and O–H groups in total. The van der Waals surface area contributed by atoms with E-state index < -0.39 is 0 Å². The van der Waals surface area contributed by atoms with Crippen LogP contribution >= 0.6 is 8.52 Å². The molecule has 0 aromatic heterocycles. The van der Waals surface area contributed by atoms with Crippen molar-refractivity contribution in [1.82, 2.24) is 0 Å². The van der Waals surface area contributed by atoms with E-state index in [0.717, 1.165) is 8.52 Å². The first-order chi connectivity index (χ1) is 12.7. The Morgan fingerprint density at radius 2 is 1.00 bits per heavy atom. The van der Waals surface area contributed by atoms with Crippen molar-refractivity contribution in [2.45, 2.75) is 79.1 Å². The lowest BCUT2D eigenvalue weighted by atomic mass is 9.93. The second-order valence-electron chi connectivity index (χ2n) is 8.58. The van der Waals surface area contributed by atoms with Crippen molar-refractivity contribution in [2.75, 3.05) is 5.09 Å². The van der Waals surface area contributed by atoms with Gasteiger partial charge in [-0.15, -0.1) is 0 Å². The average molecular weight is 384 g/mol. The SMILES string of the molecule is CC(C)c1cccc(C(C)C)c1NP=[NH+]c1c(C(C)C)cccc1C(C)C. The quantitative estimate of drug-likeness (QED) is 0.492. The number of para-hydroxylation sites is 2. The molecule has 0 bridgehead atoms. The number of benzene rings is 2. The van der Waals surface area contributed by atoms with Crippen LogP contribution < -0.4 is 9.83 Å². The van der Waals surface area contributed by atoms with E-state index >= 15 is 0 Å². The van der Waals surface area contributed by atoms with E-state index in [1.807, 2.05) is 0 Å². The van der Waals surface area contributed by atoms with Crippen LogP contribution in [0.5, 0.6) is 0 Å². The minimum atomic E-state index is 0.496. The summed E-state index contributed by atoms with van der Waals surface area (Å²) in [6, 6.07) is 13.4. The summed E-state index contributed by atoms with van der Waals surface area (Å²) in [5.74, 6) is 1.98. The Labute approximate surface area is 167 Å². The Balaban J connectivity index is 2.45. The Morgan fingerprint density at radius 1 is 0.630 bits per heavy atom. The summed E-state index contributed by atoms with van der Waals surface area (Å²) >= 11 is 0. The van der Waals surface area contributed by atoms with Crippen LogP contribution in [0.1, 0.15) is 101 Å². The summed E-state index contributed by atoms with van der Waals surface area (Å²) in [4.78, 5) is 0. The number of nitrogens with one attached hydrogen (secondary N) is 2. The van der Waals surface area contributed by atoms with Gasteiger partial charge in [-0.3, -0.25) is 5.09 Å². The van der Waals surface area contributed by atoms with Gasteiger partial charge in [0.15, 0.2) is 0 Å². The summed E-state index contributed by atoms with van der Waals surface area (Å²) in [7, 11) is 1.01. The van der Waals surface area contributed by atoms with E-state index in [2.05, 4.69) is 102 Å². The van der Waals surface area contributed by atoms with Crippen molar-refractivity contribution in [1.29, 1.82) is 0 Å². The van der Waals surface area contributed by atoms with E-state index in [1.165, 1.54) is 33.6 Å². The second kappa shape index (κ2) is 9.51. The van der Waals surface area contributed by atoms with Gasteiger partial charge in [-0.2, -0.15) is 4.74 Å². The molecule has 0 unspecified atom stereocenters. The van der Waals surface area contributed by atoms with Gasteiger partial charge in [-0.05, 0) is 34.8 Å². The highest BCUT2D eigenvalue weighted by Gasteiger charge is 2.18. The molecule has 0 spiro atoms. The van der Waals surface area contributed by atoms with Gasteiger partial charge in [-0.1, -0.05) is 91.8 Å². The van der Waals surface area contributed by atoms with Crippen molar-refractivity contribution < 1.29 is 4.74 Å². The lowest BCUT2D eigenvalue weighted by molar-refractivity contribution is -0.324. The predicted molar refractivity (Wildman–Crippen MR) is 120 cm³/mol. The second-order valence-corrected chi connectivity index (χ2v) is 9.25. The van der Waals surface area contributed by atoms with E-state index in [-0.39, 0.29) is 0 Å². The standard InChI is InChI=1S/C24H35N2P/c1-15(2)19-11-9-12-20(16(3)4)23(19)25-27-26-24-21(17(5)6)13-10-14-22(24)18(7)8/h9-18H,1-8H3,(H,25,26)/p+1. The van der Waals surface area contributed by atoms with Crippen LogP contribution in [0.2, 0.25) is 0 Å². The first-order valence-corrected chi connectivity index (χ1v) is 11.1. The highest BCUT2D eigenvalue weighted by atomic mass is 31.1. The van der Waals surface area contributed by atoms with Crippen LogP contribution in [0.3, 0.4) is 0 Å². The van der Waals surface area contributed by atoms with Crippen LogP contribution in [0.4, 0.5) is 11.4 Å². The lowest BCUT2D eigenvalue weighted by Crippen LogP contribution is -2.56. The third-order valence-corrected chi connectivity index (χ3v) is 5.75. The van der Waals surface area contributed by atoms with Crippen molar-refractivity contribution >= 4 is 19.9 Å². The maximum atomic E-state index is 3.69.